The Labute approximate surface area is 194 Å². The fourth-order valence-corrected chi connectivity index (χ4v) is 5.13. The zero-order valence-electron chi connectivity index (χ0n) is 19.4. The molecule has 0 spiro atoms. The van der Waals surface area contributed by atoms with Crippen LogP contribution in [0.1, 0.15) is 37.4 Å². The lowest BCUT2D eigenvalue weighted by Crippen LogP contribution is -2.45. The highest BCUT2D eigenvalue weighted by molar-refractivity contribution is 5.84. The van der Waals surface area contributed by atoms with E-state index in [9.17, 15) is 4.79 Å². The highest BCUT2D eigenvalue weighted by Crippen LogP contribution is 2.29. The molecule has 1 aliphatic rings. The van der Waals surface area contributed by atoms with Crippen molar-refractivity contribution in [2.24, 2.45) is 5.92 Å². The predicted molar refractivity (Wildman–Crippen MR) is 131 cm³/mol. The van der Waals surface area contributed by atoms with Gasteiger partial charge in [0.1, 0.15) is 0 Å². The predicted octanol–water partition coefficient (Wildman–Crippen LogP) is 4.99. The molecular formula is C27H31N5O. The lowest BCUT2D eigenvalue weighted by molar-refractivity contribution is -0.135. The molecule has 5 rings (SSSR count). The van der Waals surface area contributed by atoms with E-state index < -0.39 is 0 Å². The Balaban J connectivity index is 1.20. The van der Waals surface area contributed by atoms with Crippen LogP contribution in [-0.4, -0.2) is 43.4 Å². The molecule has 2 aromatic carbocycles. The fourth-order valence-electron chi connectivity index (χ4n) is 5.13. The number of aromatic amines is 1. The molecule has 6 heteroatoms. The van der Waals surface area contributed by atoms with Crippen molar-refractivity contribution in [1.82, 2.24) is 24.9 Å². The average Bonchev–Trinajstić information content (AvgIpc) is 3.44. The molecule has 2 aromatic heterocycles. The van der Waals surface area contributed by atoms with E-state index in [2.05, 4.69) is 62.1 Å². The van der Waals surface area contributed by atoms with Gasteiger partial charge in [-0.1, -0.05) is 36.4 Å². The van der Waals surface area contributed by atoms with Gasteiger partial charge >= 0.3 is 0 Å². The molecule has 170 valence electrons. The van der Waals surface area contributed by atoms with Crippen molar-refractivity contribution in [3.63, 3.8) is 0 Å². The van der Waals surface area contributed by atoms with Gasteiger partial charge in [-0.2, -0.15) is 10.2 Å². The van der Waals surface area contributed by atoms with Crippen LogP contribution in [0.5, 0.6) is 0 Å². The summed E-state index contributed by atoms with van der Waals surface area (Å²) in [4.78, 5) is 14.9. The van der Waals surface area contributed by atoms with Crippen molar-refractivity contribution in [1.29, 1.82) is 0 Å². The second-order valence-electron chi connectivity index (χ2n) is 9.32. The van der Waals surface area contributed by atoms with Crippen molar-refractivity contribution in [2.75, 3.05) is 6.54 Å². The number of nitrogens with one attached hydrogen (secondary N) is 1. The molecule has 0 bridgehead atoms. The van der Waals surface area contributed by atoms with Gasteiger partial charge < -0.3 is 4.90 Å². The molecule has 2 unspecified atom stereocenters. The number of aromatic nitrogens is 4. The van der Waals surface area contributed by atoms with Gasteiger partial charge in [-0.25, -0.2) is 0 Å². The Morgan fingerprint density at radius 3 is 2.76 bits per heavy atom. The van der Waals surface area contributed by atoms with Crippen LogP contribution in [0, 0.1) is 12.8 Å². The summed E-state index contributed by atoms with van der Waals surface area (Å²) in [6.45, 7) is 5.95. The Bertz CT molecular complexity index is 1240. The first-order chi connectivity index (χ1) is 16.1. The molecule has 6 nitrogen and oxygen atoms in total. The van der Waals surface area contributed by atoms with E-state index in [0.29, 0.717) is 12.3 Å². The first kappa shape index (κ1) is 21.4. The number of carbonyl (C=O) groups is 1. The maximum absolute atomic E-state index is 12.8. The number of hydrogen-bond acceptors (Lipinski definition) is 3. The molecule has 0 radical (unpaired) electrons. The number of H-pyrrole nitrogens is 1. The fraction of sp³-hybridized carbons (Fsp3) is 0.370. The molecule has 4 aromatic rings. The molecular weight excluding hydrogens is 410 g/mol. The van der Waals surface area contributed by atoms with Crippen molar-refractivity contribution >= 4 is 16.8 Å². The molecule has 1 fully saturated rings. The summed E-state index contributed by atoms with van der Waals surface area (Å²) in [6, 6.07) is 17.0. The van der Waals surface area contributed by atoms with E-state index in [1.165, 1.54) is 5.56 Å². The highest BCUT2D eigenvalue weighted by Gasteiger charge is 2.29. The van der Waals surface area contributed by atoms with Gasteiger partial charge in [-0.15, -0.1) is 0 Å². The Kier molecular flexibility index (Phi) is 5.99. The van der Waals surface area contributed by atoms with Crippen molar-refractivity contribution in [3.8, 4) is 11.1 Å². The first-order valence-corrected chi connectivity index (χ1v) is 11.9. The summed E-state index contributed by atoms with van der Waals surface area (Å²) in [5.41, 5.74) is 5.74. The van der Waals surface area contributed by atoms with E-state index in [1.54, 1.807) is 0 Å². The van der Waals surface area contributed by atoms with E-state index >= 15 is 0 Å². The monoisotopic (exact) mass is 441 g/mol. The topological polar surface area (TPSA) is 66.8 Å². The average molecular weight is 442 g/mol. The van der Waals surface area contributed by atoms with Gasteiger partial charge in [-0.05, 0) is 62.3 Å². The number of carbonyl (C=O) groups excluding carboxylic acids is 1. The molecule has 1 saturated heterocycles. The third-order valence-electron chi connectivity index (χ3n) is 6.99. The smallest absolute Gasteiger partial charge is 0.223 e. The molecule has 0 saturated carbocycles. The van der Waals surface area contributed by atoms with Gasteiger partial charge in [0.05, 0.1) is 17.9 Å². The third-order valence-corrected chi connectivity index (χ3v) is 6.99. The molecule has 1 amide bonds. The summed E-state index contributed by atoms with van der Waals surface area (Å²) in [6.07, 6.45) is 7.27. The van der Waals surface area contributed by atoms with Crippen molar-refractivity contribution < 1.29 is 4.79 Å². The zero-order chi connectivity index (χ0) is 22.8. The van der Waals surface area contributed by atoms with Crippen LogP contribution in [0.2, 0.25) is 0 Å². The van der Waals surface area contributed by atoms with E-state index in [0.717, 1.165) is 60.1 Å². The summed E-state index contributed by atoms with van der Waals surface area (Å²) in [5.74, 6) is 0.800. The van der Waals surface area contributed by atoms with Gasteiger partial charge in [0.15, 0.2) is 0 Å². The van der Waals surface area contributed by atoms with E-state index in [-0.39, 0.29) is 11.9 Å². The number of rotatable bonds is 6. The van der Waals surface area contributed by atoms with Gasteiger partial charge in [0.25, 0.3) is 0 Å². The number of piperidine rings is 1. The minimum absolute atomic E-state index is 0.268. The van der Waals surface area contributed by atoms with Crippen LogP contribution < -0.4 is 0 Å². The number of benzene rings is 2. The van der Waals surface area contributed by atoms with Crippen LogP contribution in [0.4, 0.5) is 0 Å². The summed E-state index contributed by atoms with van der Waals surface area (Å²) < 4.78 is 2.13. The Morgan fingerprint density at radius 1 is 1.15 bits per heavy atom. The summed E-state index contributed by atoms with van der Waals surface area (Å²) in [5, 5.41) is 13.0. The first-order valence-electron chi connectivity index (χ1n) is 11.9. The van der Waals surface area contributed by atoms with E-state index in [1.807, 2.05) is 37.5 Å². The Hall–Kier alpha value is -3.41. The number of nitrogens with zero attached hydrogens (tertiary/aromatic N) is 4. The quantitative estimate of drug-likeness (QED) is 0.458. The maximum Gasteiger partial charge on any atom is 0.223 e. The standard InChI is InChI=1S/C27H31N5O/c1-19-14-22(12-13-31(19)27(33)11-8-21-6-4-3-5-7-21)18-32-26-10-9-23(15-24(26)16-29-32)25-17-28-30-20(25)2/h3-7,9-10,15-17,19,22H,8,11-14,18H2,1-2H3,(H,28,30). The van der Waals surface area contributed by atoms with Gasteiger partial charge in [0.2, 0.25) is 5.91 Å². The van der Waals surface area contributed by atoms with Crippen molar-refractivity contribution in [3.05, 3.63) is 72.2 Å². The molecule has 3 heterocycles. The molecule has 1 aliphatic heterocycles. The van der Waals surface area contributed by atoms with Gasteiger partial charge in [0, 0.05) is 42.2 Å². The third kappa shape index (κ3) is 4.56. The Morgan fingerprint density at radius 2 is 2.00 bits per heavy atom. The van der Waals surface area contributed by atoms with Gasteiger partial charge in [-0.3, -0.25) is 14.6 Å². The lowest BCUT2D eigenvalue weighted by Gasteiger charge is -2.38. The normalized spacial score (nSPS) is 18.7. The molecule has 1 N–H and O–H groups in total. The van der Waals surface area contributed by atoms with Crippen LogP contribution >= 0.6 is 0 Å². The number of fused-ring (bicyclic) bond motifs is 1. The molecule has 0 aliphatic carbocycles. The van der Waals surface area contributed by atoms with Crippen LogP contribution in [0.25, 0.3) is 22.0 Å². The second kappa shape index (κ2) is 9.22. The number of aryl methyl sites for hydroxylation is 2. The van der Waals surface area contributed by atoms with Crippen LogP contribution in [-0.2, 0) is 17.8 Å². The minimum Gasteiger partial charge on any atom is -0.340 e. The highest BCUT2D eigenvalue weighted by atomic mass is 16.2. The largest absolute Gasteiger partial charge is 0.340 e. The zero-order valence-corrected chi connectivity index (χ0v) is 19.4. The second-order valence-corrected chi connectivity index (χ2v) is 9.32. The van der Waals surface area contributed by atoms with Crippen LogP contribution in [0.15, 0.2) is 60.9 Å². The molecule has 33 heavy (non-hydrogen) atoms. The summed E-state index contributed by atoms with van der Waals surface area (Å²) in [7, 11) is 0. The van der Waals surface area contributed by atoms with Crippen molar-refractivity contribution in [2.45, 2.75) is 52.1 Å². The number of likely N-dealkylation sites (tertiary alicyclic amines) is 1. The SMILES string of the molecule is Cc1[nH]ncc1-c1ccc2c(cnn2CC2CCN(C(=O)CCc3ccccc3)C(C)C2)c1. The summed E-state index contributed by atoms with van der Waals surface area (Å²) >= 11 is 0. The number of hydrogen-bond donors (Lipinski definition) is 1. The maximum atomic E-state index is 12.8. The number of amides is 1. The minimum atomic E-state index is 0.268. The van der Waals surface area contributed by atoms with E-state index in [4.69, 9.17) is 0 Å². The molecule has 2 atom stereocenters. The lowest BCUT2D eigenvalue weighted by atomic mass is 9.91. The van der Waals surface area contributed by atoms with Crippen LogP contribution in [0.3, 0.4) is 0 Å².